The molecule has 0 atom stereocenters. The Morgan fingerprint density at radius 2 is 1.73 bits per heavy atom. The number of aryl methyl sites for hydroxylation is 1. The van der Waals surface area contributed by atoms with Crippen LogP contribution < -0.4 is 5.56 Å². The molecule has 6 aromatic rings. The lowest BCUT2D eigenvalue weighted by Crippen LogP contribution is -2.30. The van der Waals surface area contributed by atoms with Crippen LogP contribution in [-0.4, -0.2) is 43.3 Å². The molecule has 2 aliphatic rings. The highest BCUT2D eigenvalue weighted by molar-refractivity contribution is 7.22. The first kappa shape index (κ1) is 26.7. The number of thiophene rings is 1. The number of nitrogens with one attached hydrogen (secondary N) is 1. The van der Waals surface area contributed by atoms with Crippen LogP contribution in [0.3, 0.4) is 0 Å². The third kappa shape index (κ3) is 4.03. The number of ether oxygens (including phenoxy) is 1. The summed E-state index contributed by atoms with van der Waals surface area (Å²) in [7, 11) is 1.83. The molecule has 10 nitrogen and oxygen atoms in total. The standard InChI is InChI=1S/C34H22N6O4S/c1-39-30(31-24(15-35)19-7-4-5-11-28(19)45-31)25(16-36-39)18-13-22-26(17-40-33(42)20-8-2-3-9-21(20)34(40)43)37-38-32(41)29(22)23(14-18)27-10-6-12-44-27/h2-5,7-11,13-14,16H,6,12,17H2,1H3,(H,38,41). The zero-order chi connectivity index (χ0) is 30.8. The summed E-state index contributed by atoms with van der Waals surface area (Å²) in [6.07, 6.45) is 4.36. The van der Waals surface area contributed by atoms with Gasteiger partial charge in [0.25, 0.3) is 17.4 Å². The topological polar surface area (TPSA) is 134 Å². The van der Waals surface area contributed by atoms with Gasteiger partial charge in [0, 0.05) is 40.1 Å². The van der Waals surface area contributed by atoms with Gasteiger partial charge in [0.1, 0.15) is 11.8 Å². The molecule has 2 aliphatic heterocycles. The number of hydrogen-bond acceptors (Lipinski definition) is 8. The summed E-state index contributed by atoms with van der Waals surface area (Å²) >= 11 is 1.52. The molecule has 218 valence electrons. The monoisotopic (exact) mass is 610 g/mol. The Morgan fingerprint density at radius 1 is 0.978 bits per heavy atom. The van der Waals surface area contributed by atoms with Crippen molar-refractivity contribution in [1.82, 2.24) is 24.9 Å². The number of carbonyl (C=O) groups excluding carboxylic acids is 2. The van der Waals surface area contributed by atoms with Gasteiger partial charge in [-0.2, -0.15) is 15.5 Å². The molecule has 0 radical (unpaired) electrons. The number of H-pyrrole nitrogens is 1. The number of aromatic amines is 1. The van der Waals surface area contributed by atoms with Crippen LogP contribution in [0.1, 0.15) is 44.0 Å². The Balaban J connectivity index is 1.35. The highest BCUT2D eigenvalue weighted by Crippen LogP contribution is 2.43. The van der Waals surface area contributed by atoms with Gasteiger partial charge in [-0.05, 0) is 42.0 Å². The van der Waals surface area contributed by atoms with Crippen molar-refractivity contribution >= 4 is 49.8 Å². The highest BCUT2D eigenvalue weighted by Gasteiger charge is 2.36. The molecular weight excluding hydrogens is 588 g/mol. The molecule has 0 saturated carbocycles. The van der Waals surface area contributed by atoms with Crippen molar-refractivity contribution in [2.24, 2.45) is 7.05 Å². The number of fused-ring (bicyclic) bond motifs is 3. The Kier molecular flexibility index (Phi) is 6.01. The van der Waals surface area contributed by atoms with Crippen molar-refractivity contribution < 1.29 is 14.3 Å². The summed E-state index contributed by atoms with van der Waals surface area (Å²) in [6, 6.07) is 20.6. The molecule has 5 heterocycles. The molecule has 8 rings (SSSR count). The lowest BCUT2D eigenvalue weighted by molar-refractivity contribution is 0.0640. The molecule has 0 unspecified atom stereocenters. The fourth-order valence-corrected chi connectivity index (χ4v) is 7.44. The molecule has 0 spiro atoms. The summed E-state index contributed by atoms with van der Waals surface area (Å²) in [4.78, 5) is 41.8. The number of aromatic nitrogens is 4. The van der Waals surface area contributed by atoms with Crippen LogP contribution in [0.5, 0.6) is 0 Å². The summed E-state index contributed by atoms with van der Waals surface area (Å²) in [6.45, 7) is 0.342. The van der Waals surface area contributed by atoms with Gasteiger partial charge in [-0.15, -0.1) is 11.3 Å². The van der Waals surface area contributed by atoms with E-state index in [2.05, 4.69) is 21.4 Å². The smallest absolute Gasteiger partial charge is 0.272 e. The quantitative estimate of drug-likeness (QED) is 0.250. The van der Waals surface area contributed by atoms with E-state index in [9.17, 15) is 19.6 Å². The highest BCUT2D eigenvalue weighted by atomic mass is 32.1. The van der Waals surface area contributed by atoms with Gasteiger partial charge in [0.2, 0.25) is 0 Å². The fraction of sp³-hybridized carbons (Fsp3) is 0.118. The number of carbonyl (C=O) groups is 2. The van der Waals surface area contributed by atoms with Crippen molar-refractivity contribution in [3.8, 4) is 27.8 Å². The van der Waals surface area contributed by atoms with Gasteiger partial charge in [0.15, 0.2) is 0 Å². The van der Waals surface area contributed by atoms with Crippen molar-refractivity contribution in [3.63, 3.8) is 0 Å². The minimum absolute atomic E-state index is 0.142. The molecule has 3 aromatic heterocycles. The number of benzene rings is 3. The number of amides is 2. The first-order valence-electron chi connectivity index (χ1n) is 14.2. The van der Waals surface area contributed by atoms with Crippen LogP contribution in [0.25, 0.3) is 48.3 Å². The maximum Gasteiger partial charge on any atom is 0.272 e. The van der Waals surface area contributed by atoms with E-state index in [4.69, 9.17) is 4.74 Å². The SMILES string of the molecule is Cn1ncc(-c2cc(C3=CCCO3)c3c(=O)[nH]nc(CN4C(=O)c5ccccc5C4=O)c3c2)c1-c1sc2ccccc2c1C#N. The average molecular weight is 611 g/mol. The third-order valence-corrected chi connectivity index (χ3v) is 9.48. The molecule has 2 amide bonds. The van der Waals surface area contributed by atoms with E-state index in [-0.39, 0.29) is 6.54 Å². The fourth-order valence-electron chi connectivity index (χ4n) is 6.20. The van der Waals surface area contributed by atoms with Gasteiger partial charge in [-0.3, -0.25) is 24.0 Å². The molecule has 3 aromatic carbocycles. The van der Waals surface area contributed by atoms with Gasteiger partial charge in [0.05, 0.1) is 57.7 Å². The Hall–Kier alpha value is -5.86. The zero-order valence-corrected chi connectivity index (χ0v) is 24.6. The van der Waals surface area contributed by atoms with Crippen LogP contribution in [0.4, 0.5) is 0 Å². The minimum atomic E-state index is -0.420. The summed E-state index contributed by atoms with van der Waals surface area (Å²) < 4.78 is 8.67. The van der Waals surface area contributed by atoms with Crippen LogP contribution in [0.15, 0.2) is 77.7 Å². The van der Waals surface area contributed by atoms with Crippen molar-refractivity contribution in [3.05, 3.63) is 111 Å². The predicted octanol–water partition coefficient (Wildman–Crippen LogP) is 5.63. The molecule has 1 N–H and O–H groups in total. The van der Waals surface area contributed by atoms with E-state index < -0.39 is 17.4 Å². The van der Waals surface area contributed by atoms with E-state index in [1.54, 1.807) is 35.1 Å². The van der Waals surface area contributed by atoms with E-state index in [0.717, 1.165) is 31.1 Å². The number of hydrogen-bond donors (Lipinski definition) is 1. The van der Waals surface area contributed by atoms with Crippen molar-refractivity contribution in [2.45, 2.75) is 13.0 Å². The Morgan fingerprint density at radius 3 is 2.47 bits per heavy atom. The van der Waals surface area contributed by atoms with Crippen LogP contribution in [-0.2, 0) is 18.3 Å². The normalized spacial score (nSPS) is 14.2. The van der Waals surface area contributed by atoms with Crippen LogP contribution in [0.2, 0.25) is 0 Å². The molecule has 45 heavy (non-hydrogen) atoms. The molecule has 0 bridgehead atoms. The van der Waals surface area contributed by atoms with Gasteiger partial charge < -0.3 is 4.74 Å². The van der Waals surface area contributed by atoms with Gasteiger partial charge >= 0.3 is 0 Å². The number of nitriles is 1. The van der Waals surface area contributed by atoms with Gasteiger partial charge in [-0.1, -0.05) is 30.3 Å². The second-order valence-corrected chi connectivity index (χ2v) is 11.9. The second kappa shape index (κ2) is 10.1. The minimum Gasteiger partial charge on any atom is -0.493 e. The molecule has 11 heteroatoms. The van der Waals surface area contributed by atoms with Crippen molar-refractivity contribution in [1.29, 1.82) is 5.26 Å². The zero-order valence-electron chi connectivity index (χ0n) is 23.8. The molecule has 0 aliphatic carbocycles. The predicted molar refractivity (Wildman–Crippen MR) is 169 cm³/mol. The van der Waals surface area contributed by atoms with E-state index in [0.29, 0.717) is 63.1 Å². The number of imide groups is 1. The Bertz CT molecular complexity index is 2360. The molecule has 0 fully saturated rings. The van der Waals surface area contributed by atoms with Crippen LogP contribution >= 0.6 is 11.3 Å². The Labute approximate surface area is 259 Å². The number of nitrogens with zero attached hydrogens (tertiary/aromatic N) is 5. The summed E-state index contributed by atoms with van der Waals surface area (Å²) in [5.41, 5.74) is 3.94. The van der Waals surface area contributed by atoms with E-state index in [1.807, 2.05) is 49.5 Å². The third-order valence-electron chi connectivity index (χ3n) is 8.30. The number of rotatable bonds is 5. The largest absolute Gasteiger partial charge is 0.493 e. The van der Waals surface area contributed by atoms with E-state index in [1.165, 1.54) is 11.3 Å². The van der Waals surface area contributed by atoms with Crippen molar-refractivity contribution in [2.75, 3.05) is 6.61 Å². The van der Waals surface area contributed by atoms with E-state index >= 15 is 0 Å². The second-order valence-electron chi connectivity index (χ2n) is 10.8. The lowest BCUT2D eigenvalue weighted by atomic mass is 9.95. The molecule has 0 saturated heterocycles. The lowest BCUT2D eigenvalue weighted by Gasteiger charge is -2.17. The summed E-state index contributed by atoms with van der Waals surface area (Å²) in [5.74, 6) is -0.271. The van der Waals surface area contributed by atoms with Gasteiger partial charge in [-0.25, -0.2) is 5.10 Å². The summed E-state index contributed by atoms with van der Waals surface area (Å²) in [5, 5.41) is 23.4. The maximum absolute atomic E-state index is 13.4. The average Bonchev–Trinajstić information content (AvgIpc) is 3.85. The molecular formula is C34H22N6O4S. The maximum atomic E-state index is 13.4. The van der Waals surface area contributed by atoms with Crippen LogP contribution in [0, 0.1) is 11.3 Å². The first-order valence-corrected chi connectivity index (χ1v) is 15.0. The first-order chi connectivity index (χ1) is 21.9.